The summed E-state index contributed by atoms with van der Waals surface area (Å²) in [4.78, 5) is 21.0. The maximum atomic E-state index is 10.9. The van der Waals surface area contributed by atoms with Gasteiger partial charge in [-0.05, 0) is 6.92 Å². The molecule has 1 N–H and O–H groups in total. The fourth-order valence-electron chi connectivity index (χ4n) is 0.591. The molecule has 0 aliphatic carbocycles. The zero-order valence-corrected chi connectivity index (χ0v) is 8.89. The molecule has 0 fully saturated rings. The second-order valence-corrected chi connectivity index (χ2v) is 3.41. The normalized spacial score (nSPS) is 11.6. The Labute approximate surface area is 84.6 Å². The van der Waals surface area contributed by atoms with Crippen LogP contribution in [0.5, 0.6) is 0 Å². The largest absolute Gasteiger partial charge is 0.450 e. The zero-order chi connectivity index (χ0) is 11.0. The minimum atomic E-state index is -1.69. The molecule has 82 valence electrons. The Morgan fingerprint density at radius 3 is 2.57 bits per heavy atom. The lowest BCUT2D eigenvalue weighted by Gasteiger charge is -2.04. The van der Waals surface area contributed by atoms with E-state index in [1.165, 1.54) is 0 Å². The van der Waals surface area contributed by atoms with Crippen molar-refractivity contribution in [3.8, 4) is 0 Å². The summed E-state index contributed by atoms with van der Waals surface area (Å²) in [6.07, 6.45) is -0.577. The van der Waals surface area contributed by atoms with Crippen LogP contribution in [-0.4, -0.2) is 35.2 Å². The molecule has 0 bridgehead atoms. The first-order chi connectivity index (χ1) is 6.56. The van der Waals surface area contributed by atoms with Crippen molar-refractivity contribution in [2.75, 3.05) is 18.9 Å². The lowest BCUT2D eigenvalue weighted by molar-refractivity contribution is -0.130. The average Bonchev–Trinajstić information content (AvgIpc) is 2.02. The van der Waals surface area contributed by atoms with Crippen LogP contribution in [0.1, 0.15) is 13.8 Å². The molecule has 0 saturated heterocycles. The van der Waals surface area contributed by atoms with Gasteiger partial charge in [-0.2, -0.15) is 0 Å². The first kappa shape index (κ1) is 12.9. The van der Waals surface area contributed by atoms with Crippen molar-refractivity contribution < 1.29 is 22.7 Å². The number of hydrogen-bond acceptors (Lipinski definition) is 5. The molecule has 0 rings (SSSR count). The molecule has 0 aromatic carbocycles. The molecule has 0 heterocycles. The highest BCUT2D eigenvalue weighted by Gasteiger charge is 2.05. The average molecular weight is 223 g/mol. The van der Waals surface area contributed by atoms with Crippen LogP contribution in [-0.2, 0) is 24.8 Å². The highest BCUT2D eigenvalue weighted by Crippen LogP contribution is 1.86. The molecule has 1 unspecified atom stereocenters. The van der Waals surface area contributed by atoms with E-state index in [2.05, 4.69) is 14.2 Å². The molecule has 0 aliphatic rings. The van der Waals surface area contributed by atoms with Crippen molar-refractivity contribution in [1.82, 2.24) is 5.32 Å². The minimum absolute atomic E-state index is 0.0540. The number of rotatable bonds is 5. The van der Waals surface area contributed by atoms with Gasteiger partial charge in [0.2, 0.25) is 11.1 Å². The van der Waals surface area contributed by atoms with Crippen LogP contribution in [0.25, 0.3) is 0 Å². The van der Waals surface area contributed by atoms with Gasteiger partial charge in [-0.1, -0.05) is 0 Å². The molecular weight excluding hydrogens is 210 g/mol. The molecule has 7 heteroatoms. The van der Waals surface area contributed by atoms with Gasteiger partial charge in [0.15, 0.2) is 0 Å². The number of nitrogens with one attached hydrogen (secondary N) is 1. The summed E-state index contributed by atoms with van der Waals surface area (Å²) in [5.41, 5.74) is 0. The van der Waals surface area contributed by atoms with Crippen molar-refractivity contribution >= 4 is 23.1 Å². The number of carbonyl (C=O) groups excluding carboxylic acids is 2. The summed E-state index contributed by atoms with van der Waals surface area (Å²) in [6.45, 7) is 3.25. The van der Waals surface area contributed by atoms with E-state index >= 15 is 0 Å². The van der Waals surface area contributed by atoms with E-state index in [1.807, 2.05) is 0 Å². The molecule has 0 aromatic rings. The summed E-state index contributed by atoms with van der Waals surface area (Å²) >= 11 is -1.69. The van der Waals surface area contributed by atoms with Crippen LogP contribution in [0, 0.1) is 0 Å². The van der Waals surface area contributed by atoms with Gasteiger partial charge in [0.1, 0.15) is 0 Å². The third-order valence-electron chi connectivity index (χ3n) is 1.02. The first-order valence-electron chi connectivity index (χ1n) is 4.04. The Hall–Kier alpha value is -1.11. The molecule has 0 aliphatic heterocycles. The topological polar surface area (TPSA) is 81.7 Å². The number of ether oxygens (including phenoxy) is 1. The van der Waals surface area contributed by atoms with Gasteiger partial charge in [-0.3, -0.25) is 4.79 Å². The molecule has 0 aromatic heterocycles. The fraction of sp³-hybridized carbons (Fsp3) is 0.714. The van der Waals surface area contributed by atoms with Crippen LogP contribution in [0.2, 0.25) is 0 Å². The second kappa shape index (κ2) is 7.31. The lowest BCUT2D eigenvalue weighted by Crippen LogP contribution is -2.28. The predicted molar refractivity (Wildman–Crippen MR) is 49.8 cm³/mol. The van der Waals surface area contributed by atoms with Gasteiger partial charge in [-0.25, -0.2) is 9.00 Å². The minimum Gasteiger partial charge on any atom is -0.450 e. The van der Waals surface area contributed by atoms with Crippen LogP contribution in [0.4, 0.5) is 4.79 Å². The molecule has 0 radical (unpaired) electrons. The van der Waals surface area contributed by atoms with Crippen molar-refractivity contribution in [1.29, 1.82) is 0 Å². The Morgan fingerprint density at radius 1 is 1.43 bits per heavy atom. The molecule has 1 amide bonds. The van der Waals surface area contributed by atoms with E-state index in [1.54, 1.807) is 6.92 Å². The highest BCUT2D eigenvalue weighted by atomic mass is 32.2. The third kappa shape index (κ3) is 7.53. The number of hydrogen-bond donors (Lipinski definition) is 1. The monoisotopic (exact) mass is 223 g/mol. The van der Waals surface area contributed by atoms with Crippen molar-refractivity contribution in [3.63, 3.8) is 0 Å². The van der Waals surface area contributed by atoms with E-state index in [0.29, 0.717) is 0 Å². The van der Waals surface area contributed by atoms with Gasteiger partial charge < -0.3 is 14.2 Å². The summed E-state index contributed by atoms with van der Waals surface area (Å²) in [5.74, 6) is -0.558. The number of alkyl carbamates (subject to hydrolysis) is 1. The van der Waals surface area contributed by atoms with E-state index < -0.39 is 23.1 Å². The quantitative estimate of drug-likeness (QED) is 0.707. The summed E-state index contributed by atoms with van der Waals surface area (Å²) in [5, 5.41) is 2.34. The Bertz CT molecular complexity index is 230. The lowest BCUT2D eigenvalue weighted by atomic mass is 10.7. The standard InChI is InChI=1S/C7H13NO5S/c1-3-12-7(10)8-4-5-14(11)13-6(2)9/h3-5H2,1-2H3,(H,8,10). The summed E-state index contributed by atoms with van der Waals surface area (Å²) < 4.78 is 19.7. The van der Waals surface area contributed by atoms with Crippen molar-refractivity contribution in [3.05, 3.63) is 0 Å². The highest BCUT2D eigenvalue weighted by molar-refractivity contribution is 7.80. The first-order valence-corrected chi connectivity index (χ1v) is 5.28. The Kier molecular flexibility index (Phi) is 6.73. The van der Waals surface area contributed by atoms with Crippen LogP contribution in [0.15, 0.2) is 0 Å². The maximum absolute atomic E-state index is 10.9. The predicted octanol–water partition coefficient (Wildman–Crippen LogP) is -0.0407. The third-order valence-corrected chi connectivity index (χ3v) is 1.98. The second-order valence-electron chi connectivity index (χ2n) is 2.23. The molecule has 14 heavy (non-hydrogen) atoms. The molecule has 0 saturated carbocycles. The Balaban J connectivity index is 3.49. The number of carbonyl (C=O) groups is 2. The Morgan fingerprint density at radius 2 is 2.07 bits per heavy atom. The summed E-state index contributed by atoms with van der Waals surface area (Å²) in [6, 6.07) is 0. The summed E-state index contributed by atoms with van der Waals surface area (Å²) in [7, 11) is 0. The maximum Gasteiger partial charge on any atom is 0.407 e. The van der Waals surface area contributed by atoms with Crippen LogP contribution < -0.4 is 5.32 Å². The van der Waals surface area contributed by atoms with Gasteiger partial charge in [0, 0.05) is 13.5 Å². The van der Waals surface area contributed by atoms with E-state index in [4.69, 9.17) is 0 Å². The van der Waals surface area contributed by atoms with Crippen molar-refractivity contribution in [2.24, 2.45) is 0 Å². The molecule has 6 nitrogen and oxygen atoms in total. The van der Waals surface area contributed by atoms with Gasteiger partial charge >= 0.3 is 12.1 Å². The molecular formula is C7H13NO5S. The van der Waals surface area contributed by atoms with Crippen LogP contribution in [0.3, 0.4) is 0 Å². The van der Waals surface area contributed by atoms with Gasteiger partial charge in [-0.15, -0.1) is 0 Å². The molecule has 0 spiro atoms. The smallest absolute Gasteiger partial charge is 0.407 e. The van der Waals surface area contributed by atoms with E-state index in [0.717, 1.165) is 6.92 Å². The van der Waals surface area contributed by atoms with Gasteiger partial charge in [0.25, 0.3) is 0 Å². The zero-order valence-electron chi connectivity index (χ0n) is 8.07. The van der Waals surface area contributed by atoms with E-state index in [9.17, 15) is 13.8 Å². The number of amides is 1. The fourth-order valence-corrected chi connectivity index (χ4v) is 1.20. The van der Waals surface area contributed by atoms with Crippen molar-refractivity contribution in [2.45, 2.75) is 13.8 Å². The van der Waals surface area contributed by atoms with Crippen LogP contribution >= 0.6 is 0 Å². The van der Waals surface area contributed by atoms with Gasteiger partial charge in [0.05, 0.1) is 12.4 Å². The SMILES string of the molecule is CCOC(=O)NCCS(=O)OC(C)=O. The molecule has 1 atom stereocenters. The van der Waals surface area contributed by atoms with E-state index in [-0.39, 0.29) is 18.9 Å².